The number of benzene rings is 2. The summed E-state index contributed by atoms with van der Waals surface area (Å²) >= 11 is 0. The number of rotatable bonds is 12. The lowest BCUT2D eigenvalue weighted by Crippen LogP contribution is -2.44. The Labute approximate surface area is 241 Å². The van der Waals surface area contributed by atoms with Crippen LogP contribution < -0.4 is 0 Å². The van der Waals surface area contributed by atoms with Gasteiger partial charge in [-0.25, -0.2) is 0 Å². The van der Waals surface area contributed by atoms with E-state index in [1.807, 2.05) is 12.1 Å². The van der Waals surface area contributed by atoms with E-state index in [4.69, 9.17) is 0 Å². The van der Waals surface area contributed by atoms with Crippen molar-refractivity contribution in [3.05, 3.63) is 68.8 Å². The average Bonchev–Trinajstić information content (AvgIpc) is 3.00. The summed E-state index contributed by atoms with van der Waals surface area (Å²) in [6.07, 6.45) is 17.4. The highest BCUT2D eigenvalue weighted by Gasteiger charge is 2.49. The van der Waals surface area contributed by atoms with Crippen molar-refractivity contribution in [2.24, 2.45) is 5.41 Å². The third kappa shape index (κ3) is 5.79. The maximum atomic E-state index is 10.3. The first kappa shape index (κ1) is 29.4. The number of hydrogen-bond acceptors (Lipinski definition) is 4. The van der Waals surface area contributed by atoms with E-state index in [1.54, 1.807) is 0 Å². The summed E-state index contributed by atoms with van der Waals surface area (Å²) in [5, 5.41) is 40.3. The Balaban J connectivity index is 1.56. The molecule has 0 unspecified atom stereocenters. The lowest BCUT2D eigenvalue weighted by molar-refractivity contribution is 0.0304. The first-order chi connectivity index (χ1) is 19.5. The molecule has 2 aromatic carbocycles. The fraction of sp³-hybridized carbons (Fsp3) is 0.556. The number of unbranched alkanes of at least 4 members (excludes halogenated alkanes) is 4. The normalized spacial score (nSPS) is 21.2. The molecule has 5 rings (SSSR count). The standard InChI is InChI=1S/C36H42N4/c1-3-5-7-9-27-10-11-28(31(24-38)30(27)23-37)12-13-29-14-15-34(33(26-40)32(29)25-39)36-20-17-35(18-21-36,19-22-36)16-8-6-4-2/h10-11,14-15H,3-9,12-13,16-22H2,1-2H3. The zero-order valence-electron chi connectivity index (χ0n) is 24.4. The van der Waals surface area contributed by atoms with Gasteiger partial charge in [0.05, 0.1) is 22.3 Å². The van der Waals surface area contributed by atoms with Crippen molar-refractivity contribution >= 4 is 0 Å². The number of aryl methyl sites for hydroxylation is 3. The van der Waals surface area contributed by atoms with Gasteiger partial charge in [0.25, 0.3) is 0 Å². The van der Waals surface area contributed by atoms with Gasteiger partial charge in [-0.3, -0.25) is 0 Å². The van der Waals surface area contributed by atoms with E-state index >= 15 is 0 Å². The molecule has 40 heavy (non-hydrogen) atoms. The van der Waals surface area contributed by atoms with Crippen molar-refractivity contribution in [1.82, 2.24) is 0 Å². The van der Waals surface area contributed by atoms with E-state index < -0.39 is 0 Å². The van der Waals surface area contributed by atoms with Gasteiger partial charge in [-0.2, -0.15) is 21.0 Å². The molecule has 3 aliphatic carbocycles. The Morgan fingerprint density at radius 1 is 0.550 bits per heavy atom. The molecule has 2 aromatic rings. The second-order valence-electron chi connectivity index (χ2n) is 12.3. The molecule has 0 saturated heterocycles. The molecule has 0 radical (unpaired) electrons. The third-order valence-corrected chi connectivity index (χ3v) is 10.1. The molecule has 0 amide bonds. The Morgan fingerprint density at radius 2 is 1.00 bits per heavy atom. The Kier molecular flexibility index (Phi) is 9.67. The number of nitriles is 4. The second kappa shape index (κ2) is 13.2. The monoisotopic (exact) mass is 530 g/mol. The zero-order chi connectivity index (χ0) is 28.6. The predicted molar refractivity (Wildman–Crippen MR) is 158 cm³/mol. The fourth-order valence-corrected chi connectivity index (χ4v) is 7.53. The van der Waals surface area contributed by atoms with Gasteiger partial charge < -0.3 is 0 Å². The van der Waals surface area contributed by atoms with E-state index in [-0.39, 0.29) is 5.41 Å². The topological polar surface area (TPSA) is 95.2 Å². The van der Waals surface area contributed by atoms with Gasteiger partial charge in [0.15, 0.2) is 0 Å². The van der Waals surface area contributed by atoms with Crippen molar-refractivity contribution in [1.29, 1.82) is 21.0 Å². The third-order valence-electron chi connectivity index (χ3n) is 10.1. The maximum Gasteiger partial charge on any atom is 0.101 e. The summed E-state index contributed by atoms with van der Waals surface area (Å²) in [6.45, 7) is 4.42. The molecule has 206 valence electrons. The molecule has 3 aliphatic rings. The van der Waals surface area contributed by atoms with Crippen LogP contribution >= 0.6 is 0 Å². The van der Waals surface area contributed by atoms with E-state index in [9.17, 15) is 21.0 Å². The van der Waals surface area contributed by atoms with Crippen LogP contribution in [0, 0.1) is 50.7 Å². The van der Waals surface area contributed by atoms with Gasteiger partial charge in [0.1, 0.15) is 24.3 Å². The van der Waals surface area contributed by atoms with Gasteiger partial charge in [0, 0.05) is 0 Å². The fourth-order valence-electron chi connectivity index (χ4n) is 7.53. The molecule has 0 aromatic heterocycles. The molecule has 0 aliphatic heterocycles. The molecular weight excluding hydrogens is 488 g/mol. The molecule has 0 atom stereocenters. The molecule has 4 heteroatoms. The van der Waals surface area contributed by atoms with Gasteiger partial charge in [-0.05, 0) is 104 Å². The van der Waals surface area contributed by atoms with Crippen molar-refractivity contribution in [3.63, 3.8) is 0 Å². The van der Waals surface area contributed by atoms with E-state index in [0.717, 1.165) is 67.2 Å². The maximum absolute atomic E-state index is 10.3. The lowest BCUT2D eigenvalue weighted by atomic mass is 9.50. The minimum Gasteiger partial charge on any atom is -0.192 e. The Morgan fingerprint density at radius 3 is 1.50 bits per heavy atom. The highest BCUT2D eigenvalue weighted by molar-refractivity contribution is 5.58. The Bertz CT molecular complexity index is 1360. The number of hydrogen-bond donors (Lipinski definition) is 0. The van der Waals surface area contributed by atoms with E-state index in [1.165, 1.54) is 44.9 Å². The van der Waals surface area contributed by atoms with E-state index in [2.05, 4.69) is 50.3 Å². The van der Waals surface area contributed by atoms with Crippen molar-refractivity contribution in [2.45, 2.75) is 122 Å². The zero-order valence-corrected chi connectivity index (χ0v) is 24.4. The highest BCUT2D eigenvalue weighted by atomic mass is 14.5. The number of fused-ring (bicyclic) bond motifs is 3. The van der Waals surface area contributed by atoms with Crippen LogP contribution in [-0.4, -0.2) is 0 Å². The molecule has 2 bridgehead atoms. The molecule has 0 spiro atoms. The molecule has 0 N–H and O–H groups in total. The van der Waals surface area contributed by atoms with Crippen molar-refractivity contribution in [2.75, 3.05) is 0 Å². The van der Waals surface area contributed by atoms with Crippen LogP contribution in [0.25, 0.3) is 0 Å². The van der Waals surface area contributed by atoms with Gasteiger partial charge in [-0.1, -0.05) is 70.2 Å². The molecule has 3 saturated carbocycles. The van der Waals surface area contributed by atoms with Crippen LogP contribution in [0.2, 0.25) is 0 Å². The smallest absolute Gasteiger partial charge is 0.101 e. The SMILES string of the molecule is CCCCCc1ccc(CCc2ccc(C34CCC(CCCCC)(CC3)CC4)c(C#N)c2C#N)c(C#N)c1C#N. The minimum absolute atomic E-state index is 0.0188. The first-order valence-corrected chi connectivity index (χ1v) is 15.4. The van der Waals surface area contributed by atoms with Crippen LogP contribution in [0.4, 0.5) is 0 Å². The minimum atomic E-state index is 0.0188. The van der Waals surface area contributed by atoms with Crippen LogP contribution in [0.15, 0.2) is 24.3 Å². The molecule has 4 nitrogen and oxygen atoms in total. The summed E-state index contributed by atoms with van der Waals surface area (Å²) in [4.78, 5) is 0. The van der Waals surface area contributed by atoms with Crippen molar-refractivity contribution < 1.29 is 0 Å². The summed E-state index contributed by atoms with van der Waals surface area (Å²) in [5.74, 6) is 0. The lowest BCUT2D eigenvalue weighted by Gasteiger charge is -2.54. The molecule has 0 heterocycles. The quantitative estimate of drug-likeness (QED) is 0.256. The molecular formula is C36H42N4. The van der Waals surface area contributed by atoms with Crippen molar-refractivity contribution in [3.8, 4) is 24.3 Å². The second-order valence-corrected chi connectivity index (χ2v) is 12.3. The first-order valence-electron chi connectivity index (χ1n) is 15.4. The van der Waals surface area contributed by atoms with Gasteiger partial charge in [-0.15, -0.1) is 0 Å². The largest absolute Gasteiger partial charge is 0.192 e. The summed E-state index contributed by atoms with van der Waals surface area (Å²) in [5.41, 5.74) is 6.23. The summed E-state index contributed by atoms with van der Waals surface area (Å²) in [7, 11) is 0. The highest BCUT2D eigenvalue weighted by Crippen LogP contribution is 2.60. The average molecular weight is 531 g/mol. The van der Waals surface area contributed by atoms with Crippen LogP contribution in [-0.2, 0) is 24.7 Å². The Hall–Kier alpha value is -3.60. The predicted octanol–water partition coefficient (Wildman–Crippen LogP) is 8.86. The van der Waals surface area contributed by atoms with Gasteiger partial charge >= 0.3 is 0 Å². The van der Waals surface area contributed by atoms with Crippen LogP contribution in [0.1, 0.15) is 142 Å². The van der Waals surface area contributed by atoms with Crippen LogP contribution in [0.5, 0.6) is 0 Å². The summed E-state index contributed by atoms with van der Waals surface area (Å²) in [6, 6.07) is 17.5. The number of nitrogens with zero attached hydrogens (tertiary/aromatic N) is 4. The van der Waals surface area contributed by atoms with Crippen LogP contribution in [0.3, 0.4) is 0 Å². The molecule has 3 fully saturated rings. The van der Waals surface area contributed by atoms with Gasteiger partial charge in [0.2, 0.25) is 0 Å². The van der Waals surface area contributed by atoms with E-state index in [0.29, 0.717) is 40.5 Å². The summed E-state index contributed by atoms with van der Waals surface area (Å²) < 4.78 is 0.